The van der Waals surface area contributed by atoms with E-state index < -0.39 is 0 Å². The lowest BCUT2D eigenvalue weighted by Crippen LogP contribution is -2.15. The molecule has 84 valence electrons. The fourth-order valence-electron chi connectivity index (χ4n) is 1.15. The lowest BCUT2D eigenvalue weighted by Gasteiger charge is -2.02. The van der Waals surface area contributed by atoms with Crippen LogP contribution < -0.4 is 11.1 Å². The van der Waals surface area contributed by atoms with Crippen molar-refractivity contribution in [1.82, 2.24) is 10.3 Å². The molecule has 1 aromatic rings. The average molecular weight is 228 g/mol. The summed E-state index contributed by atoms with van der Waals surface area (Å²) < 4.78 is 0. The van der Waals surface area contributed by atoms with Crippen LogP contribution in [0.2, 0.25) is 0 Å². The maximum Gasteiger partial charge on any atom is 0.139 e. The Hall–Kier alpha value is -1.14. The second-order valence-electron chi connectivity index (χ2n) is 3.19. The van der Waals surface area contributed by atoms with Crippen molar-refractivity contribution in [3.63, 3.8) is 0 Å². The number of nitrogens with two attached hydrogens (primary N) is 1. The summed E-state index contributed by atoms with van der Waals surface area (Å²) in [4.78, 5) is 5.23. The first kappa shape index (κ1) is 11.9. The molecular weight excluding hydrogens is 212 g/mol. The zero-order valence-corrected chi connectivity index (χ0v) is 9.33. The Morgan fingerprint density at radius 2 is 2.47 bits per heavy atom. The number of rotatable bonds is 7. The number of thiazole rings is 1. The van der Waals surface area contributed by atoms with Crippen LogP contribution >= 0.6 is 11.3 Å². The smallest absolute Gasteiger partial charge is 0.139 e. The second kappa shape index (κ2) is 7.19. The summed E-state index contributed by atoms with van der Waals surface area (Å²) in [6, 6.07) is 0. The summed E-state index contributed by atoms with van der Waals surface area (Å²) in [6.45, 7) is 1.81. The van der Waals surface area contributed by atoms with E-state index in [0.717, 1.165) is 25.9 Å². The van der Waals surface area contributed by atoms with Gasteiger partial charge in [-0.05, 0) is 19.4 Å². The van der Waals surface area contributed by atoms with Crippen molar-refractivity contribution in [2.75, 3.05) is 6.54 Å². The normalized spacial score (nSPS) is 11.9. The standard InChI is InChI=1S/C9H16N4OS/c10-9(13-14)3-1-2-4-11-5-8-6-12-7-15-8/h6-7,11,14H,1-5H2,(H2,10,13). The molecule has 15 heavy (non-hydrogen) atoms. The lowest BCUT2D eigenvalue weighted by atomic mass is 10.2. The highest BCUT2D eigenvalue weighted by molar-refractivity contribution is 7.09. The molecule has 1 aromatic heterocycles. The van der Waals surface area contributed by atoms with Crippen LogP contribution in [-0.4, -0.2) is 22.6 Å². The van der Waals surface area contributed by atoms with E-state index in [-0.39, 0.29) is 0 Å². The maximum atomic E-state index is 8.30. The van der Waals surface area contributed by atoms with Gasteiger partial charge >= 0.3 is 0 Å². The van der Waals surface area contributed by atoms with Gasteiger partial charge in [0.2, 0.25) is 0 Å². The molecule has 0 unspecified atom stereocenters. The number of unbranched alkanes of at least 4 members (excludes halogenated alkanes) is 1. The molecule has 0 amide bonds. The largest absolute Gasteiger partial charge is 0.409 e. The summed E-state index contributed by atoms with van der Waals surface area (Å²) >= 11 is 1.65. The Morgan fingerprint density at radius 3 is 3.13 bits per heavy atom. The number of aromatic nitrogens is 1. The molecule has 0 atom stereocenters. The Morgan fingerprint density at radius 1 is 1.60 bits per heavy atom. The lowest BCUT2D eigenvalue weighted by molar-refractivity contribution is 0.316. The first-order valence-electron chi connectivity index (χ1n) is 4.87. The highest BCUT2D eigenvalue weighted by Gasteiger charge is 1.95. The van der Waals surface area contributed by atoms with Gasteiger partial charge in [-0.15, -0.1) is 11.3 Å². The third-order valence-corrected chi connectivity index (χ3v) is 2.73. The van der Waals surface area contributed by atoms with E-state index in [9.17, 15) is 0 Å². The van der Waals surface area contributed by atoms with Gasteiger partial charge in [0.05, 0.1) is 5.51 Å². The summed E-state index contributed by atoms with van der Waals surface area (Å²) in [5.41, 5.74) is 7.17. The molecular formula is C9H16N4OS. The zero-order chi connectivity index (χ0) is 10.9. The van der Waals surface area contributed by atoms with Gasteiger partial charge in [0.1, 0.15) is 5.84 Å². The molecule has 4 N–H and O–H groups in total. The SMILES string of the molecule is NC(CCCCNCc1cncs1)=NO. The van der Waals surface area contributed by atoms with Crippen LogP contribution in [0.25, 0.3) is 0 Å². The first-order chi connectivity index (χ1) is 7.33. The maximum absolute atomic E-state index is 8.30. The van der Waals surface area contributed by atoms with Gasteiger partial charge in [0.25, 0.3) is 0 Å². The molecule has 1 rings (SSSR count). The molecule has 0 bridgehead atoms. The Labute approximate surface area is 93.0 Å². The van der Waals surface area contributed by atoms with Crippen molar-refractivity contribution in [3.8, 4) is 0 Å². The average Bonchev–Trinajstić information content (AvgIpc) is 2.75. The van der Waals surface area contributed by atoms with Crippen LogP contribution in [0.5, 0.6) is 0 Å². The van der Waals surface area contributed by atoms with Gasteiger partial charge in [0.15, 0.2) is 0 Å². The Balaban J connectivity index is 1.94. The summed E-state index contributed by atoms with van der Waals surface area (Å²) in [6.07, 6.45) is 4.48. The minimum Gasteiger partial charge on any atom is -0.409 e. The van der Waals surface area contributed by atoms with E-state index in [1.807, 2.05) is 11.7 Å². The highest BCUT2D eigenvalue weighted by atomic mass is 32.1. The van der Waals surface area contributed by atoms with Crippen molar-refractivity contribution < 1.29 is 5.21 Å². The third kappa shape index (κ3) is 5.34. The molecule has 1 heterocycles. The van der Waals surface area contributed by atoms with Crippen molar-refractivity contribution >= 4 is 17.2 Å². The molecule has 0 aliphatic rings. The van der Waals surface area contributed by atoms with Crippen molar-refractivity contribution in [2.45, 2.75) is 25.8 Å². The highest BCUT2D eigenvalue weighted by Crippen LogP contribution is 2.04. The van der Waals surface area contributed by atoms with Crippen LogP contribution in [0.3, 0.4) is 0 Å². The molecule has 6 heteroatoms. The number of amidine groups is 1. The molecule has 0 aliphatic carbocycles. The fourth-order valence-corrected chi connectivity index (χ4v) is 1.71. The second-order valence-corrected chi connectivity index (χ2v) is 4.16. The first-order valence-corrected chi connectivity index (χ1v) is 5.75. The summed E-state index contributed by atoms with van der Waals surface area (Å²) in [7, 11) is 0. The molecule has 0 aliphatic heterocycles. The van der Waals surface area contributed by atoms with Gasteiger partial charge < -0.3 is 16.3 Å². The number of nitrogens with zero attached hydrogens (tertiary/aromatic N) is 2. The van der Waals surface area contributed by atoms with Crippen molar-refractivity contribution in [3.05, 3.63) is 16.6 Å². The van der Waals surface area contributed by atoms with Crippen LogP contribution in [0.15, 0.2) is 16.9 Å². The fraction of sp³-hybridized carbons (Fsp3) is 0.556. The third-order valence-electron chi connectivity index (χ3n) is 1.95. The number of oxime groups is 1. The molecule has 0 aromatic carbocycles. The molecule has 0 spiro atoms. The van der Waals surface area contributed by atoms with Gasteiger partial charge in [-0.25, -0.2) is 0 Å². The predicted octanol–water partition coefficient (Wildman–Crippen LogP) is 1.15. The topological polar surface area (TPSA) is 83.5 Å². The van der Waals surface area contributed by atoms with E-state index >= 15 is 0 Å². The number of nitrogens with one attached hydrogen (secondary N) is 1. The van der Waals surface area contributed by atoms with Crippen molar-refractivity contribution in [1.29, 1.82) is 0 Å². The van der Waals surface area contributed by atoms with Gasteiger partial charge in [-0.3, -0.25) is 4.98 Å². The van der Waals surface area contributed by atoms with Crippen LogP contribution in [0.1, 0.15) is 24.1 Å². The molecule has 0 radical (unpaired) electrons. The quantitative estimate of drug-likeness (QED) is 0.215. The summed E-state index contributed by atoms with van der Waals surface area (Å²) in [5.74, 6) is 0.303. The van der Waals surface area contributed by atoms with E-state index in [1.165, 1.54) is 4.88 Å². The Kier molecular flexibility index (Phi) is 5.72. The minimum absolute atomic E-state index is 0.303. The predicted molar refractivity (Wildman–Crippen MR) is 61.1 cm³/mol. The van der Waals surface area contributed by atoms with E-state index in [4.69, 9.17) is 10.9 Å². The van der Waals surface area contributed by atoms with Crippen LogP contribution in [0.4, 0.5) is 0 Å². The van der Waals surface area contributed by atoms with Gasteiger partial charge in [0, 0.05) is 24.0 Å². The Bertz CT molecular complexity index is 286. The van der Waals surface area contributed by atoms with Gasteiger partial charge in [-0.1, -0.05) is 5.16 Å². The minimum atomic E-state index is 0.303. The van der Waals surface area contributed by atoms with Crippen LogP contribution in [0, 0.1) is 0 Å². The molecule has 5 nitrogen and oxygen atoms in total. The van der Waals surface area contributed by atoms with Gasteiger partial charge in [-0.2, -0.15) is 0 Å². The van der Waals surface area contributed by atoms with Crippen molar-refractivity contribution in [2.24, 2.45) is 10.9 Å². The van der Waals surface area contributed by atoms with E-state index in [0.29, 0.717) is 12.3 Å². The number of hydrogen-bond acceptors (Lipinski definition) is 5. The molecule has 0 saturated carbocycles. The van der Waals surface area contributed by atoms with E-state index in [1.54, 1.807) is 11.3 Å². The monoisotopic (exact) mass is 228 g/mol. The van der Waals surface area contributed by atoms with Crippen LogP contribution in [-0.2, 0) is 6.54 Å². The molecule has 0 fully saturated rings. The zero-order valence-electron chi connectivity index (χ0n) is 8.52. The number of hydrogen-bond donors (Lipinski definition) is 3. The van der Waals surface area contributed by atoms with E-state index in [2.05, 4.69) is 15.5 Å². The molecule has 0 saturated heterocycles. The summed E-state index contributed by atoms with van der Waals surface area (Å²) in [5, 5.41) is 14.5.